The van der Waals surface area contributed by atoms with Crippen LogP contribution in [0.15, 0.2) is 0 Å². The van der Waals surface area contributed by atoms with E-state index in [9.17, 15) is 9.46 Å². The van der Waals surface area contributed by atoms with Crippen LogP contribution in [0.3, 0.4) is 0 Å². The smallest absolute Gasteiger partial charge is 0.272 e. The first-order valence-electron chi connectivity index (χ1n) is 11.2. The molecule has 0 saturated heterocycles. The van der Waals surface area contributed by atoms with Gasteiger partial charge in [0.25, 0.3) is 7.82 Å². The van der Waals surface area contributed by atoms with Crippen molar-refractivity contribution in [2.45, 2.75) is 97.1 Å². The highest BCUT2D eigenvalue weighted by Gasteiger charge is 2.24. The van der Waals surface area contributed by atoms with Crippen molar-refractivity contribution >= 4 is 7.82 Å². The topological polar surface area (TPSA) is 67.8 Å². The van der Waals surface area contributed by atoms with Crippen LogP contribution in [0, 0.1) is 0 Å². The van der Waals surface area contributed by atoms with E-state index in [2.05, 4.69) is 6.92 Å². The monoisotopic (exact) mass is 423 g/mol. The second-order valence-electron chi connectivity index (χ2n) is 8.60. The van der Waals surface area contributed by atoms with Crippen LogP contribution in [-0.2, 0) is 18.3 Å². The summed E-state index contributed by atoms with van der Waals surface area (Å²) in [4.78, 5) is 11.8. The maximum Gasteiger partial charge on any atom is 0.272 e. The van der Waals surface area contributed by atoms with Crippen LogP contribution in [0.5, 0.6) is 0 Å². The van der Waals surface area contributed by atoms with E-state index in [1.165, 1.54) is 70.6 Å². The summed E-state index contributed by atoms with van der Waals surface area (Å²) in [7, 11) is 1.31. The summed E-state index contributed by atoms with van der Waals surface area (Å²) in [5, 5.41) is 0. The van der Waals surface area contributed by atoms with Gasteiger partial charge >= 0.3 is 0 Å². The fourth-order valence-corrected chi connectivity index (χ4v) is 3.73. The summed E-state index contributed by atoms with van der Waals surface area (Å²) in [5.74, 6) is 0. The Morgan fingerprint density at radius 2 is 1.25 bits per heavy atom. The molecule has 0 aromatic heterocycles. The Kier molecular flexibility index (Phi) is 16.8. The Morgan fingerprint density at radius 1 is 0.786 bits per heavy atom. The Labute approximate surface area is 174 Å². The molecule has 0 aliphatic heterocycles. The minimum absolute atomic E-state index is 0.00287. The number of rotatable bonds is 20. The molecule has 0 aromatic carbocycles. The molecule has 28 heavy (non-hydrogen) atoms. The summed E-state index contributed by atoms with van der Waals surface area (Å²) >= 11 is 0. The normalized spacial score (nSPS) is 15.5. The molecule has 0 heterocycles. The number of quaternary nitrogens is 1. The van der Waals surface area contributed by atoms with Gasteiger partial charge in [0.2, 0.25) is 0 Å². The van der Waals surface area contributed by atoms with Crippen molar-refractivity contribution < 1.29 is 27.7 Å². The van der Waals surface area contributed by atoms with E-state index >= 15 is 0 Å². The van der Waals surface area contributed by atoms with Gasteiger partial charge in [-0.3, -0.25) is 9.09 Å². The first kappa shape index (κ1) is 28.0. The molecular formula is C21H46NO5P. The first-order chi connectivity index (χ1) is 13.2. The molecule has 0 bridgehead atoms. The van der Waals surface area contributed by atoms with Gasteiger partial charge in [-0.05, 0) is 6.42 Å². The number of phosphoric ester groups is 1. The minimum atomic E-state index is -4.28. The lowest BCUT2D eigenvalue weighted by atomic mass is 10.1. The number of nitrogens with zero attached hydrogens (tertiary/aromatic N) is 1. The third-order valence-corrected chi connectivity index (χ3v) is 6.05. The SMILES string of the molecule is CCCCCCCCCCCCCCOCCOP(=O)([O-])OC(C)[N+](C)(C)C. The molecule has 7 heteroatoms. The van der Waals surface area contributed by atoms with Crippen LogP contribution < -0.4 is 4.89 Å². The molecule has 0 amide bonds. The van der Waals surface area contributed by atoms with Gasteiger partial charge < -0.3 is 18.6 Å². The van der Waals surface area contributed by atoms with Crippen molar-refractivity contribution in [3.8, 4) is 0 Å². The number of unbranched alkanes of at least 4 members (excludes halogenated alkanes) is 11. The van der Waals surface area contributed by atoms with Gasteiger partial charge in [0.15, 0.2) is 6.23 Å². The van der Waals surface area contributed by atoms with E-state index in [1.807, 2.05) is 21.1 Å². The van der Waals surface area contributed by atoms with Gasteiger partial charge in [0.05, 0.1) is 34.4 Å². The maximum absolute atomic E-state index is 11.8. The highest BCUT2D eigenvalue weighted by atomic mass is 31.2. The lowest BCUT2D eigenvalue weighted by Crippen LogP contribution is -2.45. The first-order valence-corrected chi connectivity index (χ1v) is 12.7. The average Bonchev–Trinajstić information content (AvgIpc) is 2.60. The van der Waals surface area contributed by atoms with Crippen LogP contribution in [0.2, 0.25) is 0 Å². The van der Waals surface area contributed by atoms with Gasteiger partial charge in [-0.25, -0.2) is 0 Å². The maximum atomic E-state index is 11.8. The van der Waals surface area contributed by atoms with Gasteiger partial charge in [-0.1, -0.05) is 77.6 Å². The molecule has 2 unspecified atom stereocenters. The predicted molar refractivity (Wildman–Crippen MR) is 114 cm³/mol. The number of hydrogen-bond donors (Lipinski definition) is 0. The summed E-state index contributed by atoms with van der Waals surface area (Å²) in [6.07, 6.45) is 15.2. The molecule has 0 aliphatic carbocycles. The van der Waals surface area contributed by atoms with Crippen LogP contribution in [0.1, 0.15) is 90.9 Å². The van der Waals surface area contributed by atoms with Crippen molar-refractivity contribution in [1.82, 2.24) is 0 Å². The zero-order chi connectivity index (χ0) is 21.3. The largest absolute Gasteiger partial charge is 0.756 e. The van der Waals surface area contributed by atoms with E-state index in [0.717, 1.165) is 6.42 Å². The van der Waals surface area contributed by atoms with Crippen LogP contribution in [0.25, 0.3) is 0 Å². The standard InChI is InChI=1S/C21H46NO5P/c1-6-7-8-9-10-11-12-13-14-15-16-17-18-25-19-20-26-28(23,24)27-21(2)22(3,4)5/h21H,6-20H2,1-5H3. The van der Waals surface area contributed by atoms with E-state index in [-0.39, 0.29) is 13.2 Å². The zero-order valence-corrected chi connectivity index (χ0v) is 20.0. The molecule has 0 aliphatic rings. The number of phosphoric acid groups is 1. The van der Waals surface area contributed by atoms with E-state index in [4.69, 9.17) is 13.8 Å². The van der Waals surface area contributed by atoms with Gasteiger partial charge in [-0.2, -0.15) is 0 Å². The van der Waals surface area contributed by atoms with Crippen molar-refractivity contribution in [3.05, 3.63) is 0 Å². The minimum Gasteiger partial charge on any atom is -0.756 e. The van der Waals surface area contributed by atoms with Crippen LogP contribution in [0.4, 0.5) is 0 Å². The molecule has 0 aromatic rings. The van der Waals surface area contributed by atoms with Crippen molar-refractivity contribution in [1.29, 1.82) is 0 Å². The zero-order valence-electron chi connectivity index (χ0n) is 19.1. The van der Waals surface area contributed by atoms with Crippen molar-refractivity contribution in [2.24, 2.45) is 0 Å². The molecule has 2 atom stereocenters. The highest BCUT2D eigenvalue weighted by Crippen LogP contribution is 2.40. The fraction of sp³-hybridized carbons (Fsp3) is 1.00. The molecule has 170 valence electrons. The lowest BCUT2D eigenvalue weighted by molar-refractivity contribution is -0.913. The Hall–Kier alpha value is 0.0300. The molecule has 6 nitrogen and oxygen atoms in total. The number of hydrogen-bond acceptors (Lipinski definition) is 5. The fourth-order valence-electron chi connectivity index (χ4n) is 2.71. The average molecular weight is 424 g/mol. The Balaban J connectivity index is 3.38. The molecule has 0 radical (unpaired) electrons. The van der Waals surface area contributed by atoms with Gasteiger partial charge in [-0.15, -0.1) is 0 Å². The van der Waals surface area contributed by atoms with Gasteiger partial charge in [0.1, 0.15) is 0 Å². The molecule has 0 saturated carbocycles. The molecule has 0 N–H and O–H groups in total. The second kappa shape index (κ2) is 16.8. The van der Waals surface area contributed by atoms with Crippen LogP contribution in [-0.4, -0.2) is 51.7 Å². The highest BCUT2D eigenvalue weighted by molar-refractivity contribution is 7.45. The predicted octanol–water partition coefficient (Wildman–Crippen LogP) is 5.26. The van der Waals surface area contributed by atoms with E-state index in [1.54, 1.807) is 6.92 Å². The molecule has 0 rings (SSSR count). The van der Waals surface area contributed by atoms with Crippen LogP contribution >= 0.6 is 7.82 Å². The van der Waals surface area contributed by atoms with E-state index in [0.29, 0.717) is 11.1 Å². The third kappa shape index (κ3) is 18.1. The van der Waals surface area contributed by atoms with Crippen molar-refractivity contribution in [2.75, 3.05) is 41.0 Å². The molecule has 0 spiro atoms. The summed E-state index contributed by atoms with van der Waals surface area (Å²) < 4.78 is 27.5. The Morgan fingerprint density at radius 3 is 1.71 bits per heavy atom. The third-order valence-electron chi connectivity index (χ3n) is 4.99. The molecular weight excluding hydrogens is 377 g/mol. The summed E-state index contributed by atoms with van der Waals surface area (Å²) in [6, 6.07) is 0. The lowest BCUT2D eigenvalue weighted by Gasteiger charge is -2.34. The summed E-state index contributed by atoms with van der Waals surface area (Å²) in [5.41, 5.74) is 0. The van der Waals surface area contributed by atoms with Gasteiger partial charge in [0, 0.05) is 13.5 Å². The van der Waals surface area contributed by atoms with Crippen molar-refractivity contribution in [3.63, 3.8) is 0 Å². The number of ether oxygens (including phenoxy) is 1. The molecule has 0 fully saturated rings. The summed E-state index contributed by atoms with van der Waals surface area (Å²) in [6.45, 7) is 4.89. The Bertz CT molecular complexity index is 401. The van der Waals surface area contributed by atoms with E-state index < -0.39 is 14.1 Å². The quantitative estimate of drug-likeness (QED) is 0.116. The second-order valence-corrected chi connectivity index (χ2v) is 9.97.